The van der Waals surface area contributed by atoms with E-state index in [0.29, 0.717) is 16.9 Å². The Labute approximate surface area is 167 Å². The van der Waals surface area contributed by atoms with E-state index in [-0.39, 0.29) is 23.6 Å². The van der Waals surface area contributed by atoms with E-state index in [1.54, 1.807) is 36.4 Å². The van der Waals surface area contributed by atoms with Crippen molar-refractivity contribution < 1.29 is 24.2 Å². The highest BCUT2D eigenvalue weighted by Crippen LogP contribution is 2.40. The lowest BCUT2D eigenvalue weighted by Crippen LogP contribution is -2.29. The molecule has 0 aliphatic carbocycles. The number of likely N-dealkylation sites (tertiary alicyclic amines) is 1. The Hall–Kier alpha value is -3.80. The van der Waals surface area contributed by atoms with Crippen LogP contribution in [0.4, 0.5) is 0 Å². The molecule has 1 amide bonds. The molecule has 0 unspecified atom stereocenters. The Kier molecular flexibility index (Phi) is 4.68. The second-order valence-corrected chi connectivity index (χ2v) is 6.96. The maximum Gasteiger partial charge on any atom is 0.296 e. The van der Waals surface area contributed by atoms with Crippen LogP contribution in [0.5, 0.6) is 5.75 Å². The first-order valence-corrected chi connectivity index (χ1v) is 9.12. The van der Waals surface area contributed by atoms with Crippen molar-refractivity contribution in [1.82, 2.24) is 4.90 Å². The fourth-order valence-corrected chi connectivity index (χ4v) is 3.48. The Morgan fingerprint density at radius 1 is 1.03 bits per heavy atom. The van der Waals surface area contributed by atoms with Crippen LogP contribution in [0.1, 0.15) is 28.5 Å². The highest BCUT2D eigenvalue weighted by molar-refractivity contribution is 6.46. The summed E-state index contributed by atoms with van der Waals surface area (Å²) in [5.41, 5.74) is 2.07. The monoisotopic (exact) mass is 389 g/mol. The van der Waals surface area contributed by atoms with E-state index in [4.69, 9.17) is 4.42 Å². The first kappa shape index (κ1) is 18.6. The van der Waals surface area contributed by atoms with E-state index in [0.717, 1.165) is 5.56 Å². The lowest BCUT2D eigenvalue weighted by Gasteiger charge is -2.24. The number of aryl methyl sites for hydroxylation is 1. The number of Topliss-reactive ketones (excluding diaryl/α,β-unsaturated/α-hetero) is 1. The lowest BCUT2D eigenvalue weighted by atomic mass is 9.95. The zero-order chi connectivity index (χ0) is 20.5. The number of furan rings is 1. The lowest BCUT2D eigenvalue weighted by molar-refractivity contribution is -0.140. The highest BCUT2D eigenvalue weighted by Gasteiger charge is 2.46. The van der Waals surface area contributed by atoms with Crippen molar-refractivity contribution in [2.24, 2.45) is 0 Å². The van der Waals surface area contributed by atoms with Crippen LogP contribution in [0.3, 0.4) is 0 Å². The predicted octanol–water partition coefficient (Wildman–Crippen LogP) is 3.92. The molecule has 1 fully saturated rings. The molecule has 2 aromatic carbocycles. The number of amides is 1. The molecule has 0 spiro atoms. The molecule has 2 N–H and O–H groups in total. The number of phenols is 1. The average Bonchev–Trinajstić information content (AvgIpc) is 3.31. The summed E-state index contributed by atoms with van der Waals surface area (Å²) < 4.78 is 5.35. The number of carbonyl (C=O) groups excluding carboxylic acids is 2. The van der Waals surface area contributed by atoms with Gasteiger partial charge in [-0.1, -0.05) is 42.0 Å². The number of carbonyl (C=O) groups is 2. The van der Waals surface area contributed by atoms with E-state index < -0.39 is 17.7 Å². The van der Waals surface area contributed by atoms with E-state index in [9.17, 15) is 19.8 Å². The number of aliphatic hydroxyl groups excluding tert-OH is 1. The first-order chi connectivity index (χ1) is 14.0. The smallest absolute Gasteiger partial charge is 0.296 e. The molecular formula is C23H19NO5. The SMILES string of the molecule is Cc1ccc(C(O)=C2C(=O)C(=O)N(Cc3ccco3)[C@H]2c2ccc(O)cc2)cc1. The third kappa shape index (κ3) is 3.40. The second kappa shape index (κ2) is 7.31. The van der Waals surface area contributed by atoms with Gasteiger partial charge in [-0.15, -0.1) is 0 Å². The van der Waals surface area contributed by atoms with Gasteiger partial charge in [0.1, 0.15) is 17.3 Å². The Balaban J connectivity index is 1.86. The standard InChI is InChI=1S/C23H19NO5/c1-14-4-6-16(7-5-14)21(26)19-20(15-8-10-17(25)11-9-15)24(23(28)22(19)27)13-18-3-2-12-29-18/h2-12,20,25-26H,13H2,1H3/t20-/m0/s1. The summed E-state index contributed by atoms with van der Waals surface area (Å²) in [4.78, 5) is 27.1. The number of nitrogens with zero attached hydrogens (tertiary/aromatic N) is 1. The zero-order valence-corrected chi connectivity index (χ0v) is 15.7. The van der Waals surface area contributed by atoms with Crippen molar-refractivity contribution in [2.75, 3.05) is 0 Å². The van der Waals surface area contributed by atoms with Crippen LogP contribution in [-0.2, 0) is 16.1 Å². The molecule has 2 heterocycles. The minimum atomic E-state index is -0.804. The van der Waals surface area contributed by atoms with Gasteiger partial charge in [0.25, 0.3) is 11.7 Å². The van der Waals surface area contributed by atoms with Crippen LogP contribution in [0.2, 0.25) is 0 Å². The van der Waals surface area contributed by atoms with E-state index >= 15 is 0 Å². The maximum absolute atomic E-state index is 12.9. The largest absolute Gasteiger partial charge is 0.508 e. The minimum Gasteiger partial charge on any atom is -0.508 e. The molecule has 1 saturated heterocycles. The summed E-state index contributed by atoms with van der Waals surface area (Å²) in [5, 5.41) is 20.6. The molecule has 1 atom stereocenters. The molecule has 3 aromatic rings. The van der Waals surface area contributed by atoms with Crippen molar-refractivity contribution in [1.29, 1.82) is 0 Å². The normalized spacial score (nSPS) is 18.4. The highest BCUT2D eigenvalue weighted by atomic mass is 16.3. The van der Waals surface area contributed by atoms with Gasteiger partial charge < -0.3 is 19.5 Å². The van der Waals surface area contributed by atoms with Gasteiger partial charge >= 0.3 is 0 Å². The number of benzene rings is 2. The van der Waals surface area contributed by atoms with Gasteiger partial charge in [-0.25, -0.2) is 0 Å². The van der Waals surface area contributed by atoms with Crippen LogP contribution in [0, 0.1) is 6.92 Å². The van der Waals surface area contributed by atoms with Gasteiger partial charge in [-0.05, 0) is 36.8 Å². The molecule has 6 heteroatoms. The Morgan fingerprint density at radius 2 is 1.72 bits per heavy atom. The number of hydrogen-bond acceptors (Lipinski definition) is 5. The Morgan fingerprint density at radius 3 is 2.34 bits per heavy atom. The average molecular weight is 389 g/mol. The number of ketones is 1. The molecular weight excluding hydrogens is 370 g/mol. The molecule has 0 bridgehead atoms. The number of phenolic OH excluding ortho intramolecular Hbond substituents is 1. The van der Waals surface area contributed by atoms with Crippen LogP contribution in [-0.4, -0.2) is 26.8 Å². The molecule has 0 radical (unpaired) electrons. The zero-order valence-electron chi connectivity index (χ0n) is 15.7. The fraction of sp³-hybridized carbons (Fsp3) is 0.130. The summed E-state index contributed by atoms with van der Waals surface area (Å²) >= 11 is 0. The van der Waals surface area contributed by atoms with Gasteiger partial charge in [-0.3, -0.25) is 9.59 Å². The summed E-state index contributed by atoms with van der Waals surface area (Å²) in [7, 11) is 0. The summed E-state index contributed by atoms with van der Waals surface area (Å²) in [6, 6.07) is 15.9. The third-order valence-corrected chi connectivity index (χ3v) is 4.98. The molecule has 1 aliphatic rings. The minimum absolute atomic E-state index is 0.0103. The molecule has 1 aromatic heterocycles. The van der Waals surface area contributed by atoms with E-state index in [1.807, 2.05) is 19.1 Å². The van der Waals surface area contributed by atoms with Crippen LogP contribution >= 0.6 is 0 Å². The van der Waals surface area contributed by atoms with Gasteiger partial charge in [0, 0.05) is 5.56 Å². The van der Waals surface area contributed by atoms with E-state index in [1.165, 1.54) is 23.3 Å². The van der Waals surface area contributed by atoms with Gasteiger partial charge in [0.2, 0.25) is 0 Å². The number of rotatable bonds is 4. The van der Waals surface area contributed by atoms with Crippen LogP contribution in [0.15, 0.2) is 76.9 Å². The van der Waals surface area contributed by atoms with E-state index in [2.05, 4.69) is 0 Å². The fourth-order valence-electron chi connectivity index (χ4n) is 3.48. The molecule has 4 rings (SSSR count). The molecule has 29 heavy (non-hydrogen) atoms. The van der Waals surface area contributed by atoms with Crippen LogP contribution in [0.25, 0.3) is 5.76 Å². The molecule has 1 aliphatic heterocycles. The quantitative estimate of drug-likeness (QED) is 0.401. The predicted molar refractivity (Wildman–Crippen MR) is 106 cm³/mol. The first-order valence-electron chi connectivity index (χ1n) is 9.12. The van der Waals surface area contributed by atoms with Gasteiger partial charge in [0.15, 0.2) is 0 Å². The summed E-state index contributed by atoms with van der Waals surface area (Å²) in [6.45, 7) is 2.00. The van der Waals surface area contributed by atoms with Crippen molar-refractivity contribution in [3.05, 3.63) is 95.0 Å². The number of aromatic hydroxyl groups is 1. The maximum atomic E-state index is 12.9. The summed E-state index contributed by atoms with van der Waals surface area (Å²) in [5.74, 6) is -1.12. The number of hydrogen-bond donors (Lipinski definition) is 2. The van der Waals surface area contributed by atoms with Crippen molar-refractivity contribution in [3.63, 3.8) is 0 Å². The second-order valence-electron chi connectivity index (χ2n) is 6.96. The topological polar surface area (TPSA) is 91.0 Å². The molecule has 0 saturated carbocycles. The third-order valence-electron chi connectivity index (χ3n) is 4.98. The van der Waals surface area contributed by atoms with Crippen LogP contribution < -0.4 is 0 Å². The van der Waals surface area contributed by atoms with Gasteiger partial charge in [0.05, 0.1) is 24.4 Å². The number of aliphatic hydroxyl groups is 1. The summed E-state index contributed by atoms with van der Waals surface area (Å²) in [6.07, 6.45) is 1.49. The molecule has 146 valence electrons. The van der Waals surface area contributed by atoms with Crippen molar-refractivity contribution in [3.8, 4) is 5.75 Å². The van der Waals surface area contributed by atoms with Crippen molar-refractivity contribution in [2.45, 2.75) is 19.5 Å². The van der Waals surface area contributed by atoms with Gasteiger partial charge in [-0.2, -0.15) is 0 Å². The molecule has 6 nitrogen and oxygen atoms in total. The van der Waals surface area contributed by atoms with Crippen molar-refractivity contribution >= 4 is 17.4 Å². The Bertz CT molecular complexity index is 1080.